The summed E-state index contributed by atoms with van der Waals surface area (Å²) in [4.78, 5) is 25.2. The molecule has 3 aromatic rings. The predicted molar refractivity (Wildman–Crippen MR) is 118 cm³/mol. The fourth-order valence-electron chi connectivity index (χ4n) is 3.50. The number of hydrogen-bond acceptors (Lipinski definition) is 4. The van der Waals surface area contributed by atoms with Crippen LogP contribution in [0.25, 0.3) is 11.1 Å². The molecule has 0 bridgehead atoms. The first-order valence-corrected chi connectivity index (χ1v) is 10.3. The van der Waals surface area contributed by atoms with Gasteiger partial charge in [-0.3, -0.25) is 9.59 Å². The molecule has 0 saturated heterocycles. The minimum Gasteiger partial charge on any atom is -0.378 e. The van der Waals surface area contributed by atoms with Gasteiger partial charge in [-0.15, -0.1) is 0 Å². The Morgan fingerprint density at radius 2 is 1.90 bits per heavy atom. The van der Waals surface area contributed by atoms with E-state index in [4.69, 9.17) is 4.74 Å². The second kappa shape index (κ2) is 8.41. The summed E-state index contributed by atoms with van der Waals surface area (Å²) in [5.74, 6) is 0.0872. The van der Waals surface area contributed by atoms with Gasteiger partial charge in [-0.05, 0) is 36.8 Å². The highest BCUT2D eigenvalue weighted by Gasteiger charge is 2.37. The van der Waals surface area contributed by atoms with E-state index in [-0.39, 0.29) is 18.2 Å². The van der Waals surface area contributed by atoms with Crippen molar-refractivity contribution >= 4 is 39.2 Å². The number of ether oxygens (including phenoxy) is 1. The maximum absolute atomic E-state index is 12.6. The molecule has 0 saturated carbocycles. The number of halogens is 1. The van der Waals surface area contributed by atoms with Gasteiger partial charge in [0.25, 0.3) is 5.91 Å². The molecule has 2 amide bonds. The number of rotatable bonds is 6. The third-order valence-electron chi connectivity index (χ3n) is 4.95. The topological polar surface area (TPSA) is 85.2 Å². The smallest absolute Gasteiger partial charge is 0.251 e. The van der Waals surface area contributed by atoms with Crippen LogP contribution in [0.5, 0.6) is 0 Å². The molecule has 7 nitrogen and oxygen atoms in total. The lowest BCUT2D eigenvalue weighted by Crippen LogP contribution is -2.24. The van der Waals surface area contributed by atoms with Crippen molar-refractivity contribution in [1.29, 1.82) is 0 Å². The van der Waals surface area contributed by atoms with E-state index in [0.717, 1.165) is 26.9 Å². The van der Waals surface area contributed by atoms with Crippen molar-refractivity contribution in [2.75, 3.05) is 17.7 Å². The number of amides is 2. The summed E-state index contributed by atoms with van der Waals surface area (Å²) in [7, 11) is 1.60. The van der Waals surface area contributed by atoms with Crippen LogP contribution < -0.4 is 10.6 Å². The lowest BCUT2D eigenvalue weighted by Gasteiger charge is -2.10. The Labute approximate surface area is 182 Å². The highest BCUT2D eigenvalue weighted by molar-refractivity contribution is 9.10. The first-order chi connectivity index (χ1) is 14.5. The van der Waals surface area contributed by atoms with Crippen LogP contribution >= 0.6 is 15.9 Å². The number of carbonyl (C=O) groups is 2. The molecule has 2 aromatic carbocycles. The normalized spacial score (nSPS) is 15.0. The molecule has 1 aliphatic rings. The first kappa shape index (κ1) is 20.3. The molecular weight excluding hydrogens is 448 g/mol. The van der Waals surface area contributed by atoms with E-state index < -0.39 is 6.04 Å². The zero-order valence-corrected chi connectivity index (χ0v) is 18.2. The van der Waals surface area contributed by atoms with Crippen molar-refractivity contribution < 1.29 is 14.3 Å². The molecule has 0 spiro atoms. The van der Waals surface area contributed by atoms with Crippen molar-refractivity contribution in [2.24, 2.45) is 0 Å². The summed E-state index contributed by atoms with van der Waals surface area (Å²) < 4.78 is 7.84. The van der Waals surface area contributed by atoms with Gasteiger partial charge in [0, 0.05) is 22.8 Å². The van der Waals surface area contributed by atoms with E-state index in [1.54, 1.807) is 23.9 Å². The number of methoxy groups -OCH3 is 1. The van der Waals surface area contributed by atoms with Crippen molar-refractivity contribution in [3.8, 4) is 11.1 Å². The monoisotopic (exact) mass is 468 g/mol. The standard InChI is InChI=1S/C22H21BrN4O3/c1-13-3-5-14(6-4-13)20-17(12-30-2)26-27-18(22(29)25-21(20)27)11-19(28)24-16-9-7-15(23)8-10-16/h3-10,18H,11-12H2,1-2H3,(H,24,28)(H,25,29). The molecule has 8 heteroatoms. The highest BCUT2D eigenvalue weighted by Crippen LogP contribution is 2.39. The second-order valence-corrected chi connectivity index (χ2v) is 8.09. The number of nitrogens with one attached hydrogen (secondary N) is 2. The van der Waals surface area contributed by atoms with Gasteiger partial charge in [0.2, 0.25) is 5.91 Å². The van der Waals surface area contributed by atoms with Gasteiger partial charge in [0.05, 0.1) is 18.7 Å². The lowest BCUT2D eigenvalue weighted by molar-refractivity contribution is -0.123. The van der Waals surface area contributed by atoms with Gasteiger partial charge in [0.1, 0.15) is 11.9 Å². The zero-order chi connectivity index (χ0) is 21.3. The van der Waals surface area contributed by atoms with Crippen molar-refractivity contribution in [3.63, 3.8) is 0 Å². The summed E-state index contributed by atoms with van der Waals surface area (Å²) in [5, 5.41) is 10.3. The van der Waals surface area contributed by atoms with Crippen LogP contribution in [0.2, 0.25) is 0 Å². The van der Waals surface area contributed by atoms with E-state index >= 15 is 0 Å². The molecule has 1 atom stereocenters. The van der Waals surface area contributed by atoms with Crippen LogP contribution in [-0.4, -0.2) is 28.7 Å². The van der Waals surface area contributed by atoms with Crippen LogP contribution in [0.4, 0.5) is 11.5 Å². The van der Waals surface area contributed by atoms with Gasteiger partial charge < -0.3 is 15.4 Å². The van der Waals surface area contributed by atoms with Crippen LogP contribution in [0.3, 0.4) is 0 Å². The Hall–Kier alpha value is -2.97. The molecule has 154 valence electrons. The summed E-state index contributed by atoms with van der Waals surface area (Å²) in [6, 6.07) is 14.6. The Morgan fingerprint density at radius 3 is 2.57 bits per heavy atom. The number of anilines is 2. The minimum absolute atomic E-state index is 0.0175. The second-order valence-electron chi connectivity index (χ2n) is 7.18. The third-order valence-corrected chi connectivity index (χ3v) is 5.48. The number of aryl methyl sites for hydroxylation is 1. The lowest BCUT2D eigenvalue weighted by atomic mass is 10.0. The molecule has 0 fully saturated rings. The van der Waals surface area contributed by atoms with Crippen LogP contribution in [0.1, 0.15) is 23.7 Å². The molecular formula is C22H21BrN4O3. The fourth-order valence-corrected chi connectivity index (χ4v) is 3.76. The predicted octanol–water partition coefficient (Wildman–Crippen LogP) is 4.29. The maximum atomic E-state index is 12.6. The largest absolute Gasteiger partial charge is 0.378 e. The number of carbonyl (C=O) groups excluding carboxylic acids is 2. The molecule has 1 aromatic heterocycles. The number of hydrogen-bond donors (Lipinski definition) is 2. The van der Waals surface area contributed by atoms with E-state index in [0.29, 0.717) is 18.1 Å². The molecule has 2 N–H and O–H groups in total. The number of fused-ring (bicyclic) bond motifs is 1. The molecule has 1 unspecified atom stereocenters. The minimum atomic E-state index is -0.717. The molecule has 0 aliphatic carbocycles. The summed E-state index contributed by atoms with van der Waals surface area (Å²) in [6.45, 7) is 2.32. The average molecular weight is 469 g/mol. The maximum Gasteiger partial charge on any atom is 0.251 e. The number of nitrogens with zero attached hydrogens (tertiary/aromatic N) is 2. The summed E-state index contributed by atoms with van der Waals surface area (Å²) in [6.07, 6.45) is -0.0175. The van der Waals surface area contributed by atoms with E-state index in [9.17, 15) is 9.59 Å². The first-order valence-electron chi connectivity index (χ1n) is 9.50. The van der Waals surface area contributed by atoms with Gasteiger partial charge >= 0.3 is 0 Å². The van der Waals surface area contributed by atoms with Gasteiger partial charge in [-0.1, -0.05) is 45.8 Å². The van der Waals surface area contributed by atoms with Crippen LogP contribution in [0.15, 0.2) is 53.0 Å². The van der Waals surface area contributed by atoms with Crippen LogP contribution in [-0.2, 0) is 20.9 Å². The average Bonchev–Trinajstić information content (AvgIpc) is 3.20. The van der Waals surface area contributed by atoms with E-state index in [1.165, 1.54) is 0 Å². The highest BCUT2D eigenvalue weighted by atomic mass is 79.9. The molecule has 0 radical (unpaired) electrons. The van der Waals surface area contributed by atoms with Crippen molar-refractivity contribution in [3.05, 3.63) is 64.3 Å². The SMILES string of the molecule is COCc1nn2c(c1-c1ccc(C)cc1)NC(=O)C2CC(=O)Nc1ccc(Br)cc1. The van der Waals surface area contributed by atoms with Gasteiger partial charge in [0.15, 0.2) is 0 Å². The Bertz CT molecular complexity index is 1090. The number of aromatic nitrogens is 2. The fraction of sp³-hybridized carbons (Fsp3) is 0.227. The zero-order valence-electron chi connectivity index (χ0n) is 16.6. The van der Waals surface area contributed by atoms with Crippen molar-refractivity contribution in [1.82, 2.24) is 9.78 Å². The Balaban J connectivity index is 1.61. The molecule has 2 heterocycles. The Kier molecular flexibility index (Phi) is 5.69. The molecule has 30 heavy (non-hydrogen) atoms. The van der Waals surface area contributed by atoms with Crippen LogP contribution in [0, 0.1) is 6.92 Å². The van der Waals surface area contributed by atoms with E-state index in [2.05, 4.69) is 31.7 Å². The van der Waals surface area contributed by atoms with Gasteiger partial charge in [-0.2, -0.15) is 5.10 Å². The summed E-state index contributed by atoms with van der Waals surface area (Å²) >= 11 is 3.37. The quantitative estimate of drug-likeness (QED) is 0.564. The van der Waals surface area contributed by atoms with Gasteiger partial charge in [-0.25, -0.2) is 4.68 Å². The number of benzene rings is 2. The van der Waals surface area contributed by atoms with Crippen molar-refractivity contribution in [2.45, 2.75) is 26.0 Å². The molecule has 4 rings (SSSR count). The molecule has 1 aliphatic heterocycles. The third kappa shape index (κ3) is 4.01. The Morgan fingerprint density at radius 1 is 1.20 bits per heavy atom. The summed E-state index contributed by atoms with van der Waals surface area (Å²) in [5.41, 5.74) is 4.29. The van der Waals surface area contributed by atoms with E-state index in [1.807, 2.05) is 43.3 Å².